The summed E-state index contributed by atoms with van der Waals surface area (Å²) in [6.07, 6.45) is 22.8. The quantitative estimate of drug-likeness (QED) is 0.0767. The van der Waals surface area contributed by atoms with Crippen LogP contribution in [-0.4, -0.2) is 47.0 Å². The Morgan fingerprint density at radius 2 is 0.914 bits per heavy atom. The van der Waals surface area contributed by atoms with Crippen LogP contribution in [0.3, 0.4) is 0 Å². The molecule has 0 aliphatic rings. The maximum atomic E-state index is 13.3. The van der Waals surface area contributed by atoms with Gasteiger partial charge in [0.15, 0.2) is 0 Å². The monoisotopic (exact) mass is 540 g/mol. The van der Waals surface area contributed by atoms with Crippen LogP contribution < -0.4 is 0 Å². The number of hydrogen-bond acceptors (Lipinski definition) is 5. The molecule has 0 saturated heterocycles. The molecule has 0 spiro atoms. The van der Waals surface area contributed by atoms with Crippen LogP contribution in [0.2, 0.25) is 0 Å². The number of hydrogen-bond donors (Lipinski definition) is 0. The maximum absolute atomic E-state index is 13.3. The summed E-state index contributed by atoms with van der Waals surface area (Å²) in [5, 5.41) is 0. The molecule has 0 unspecified atom stereocenters. The Bertz CT molecular complexity index is 548. The molecule has 5 nitrogen and oxygen atoms in total. The zero-order chi connectivity index (χ0) is 26.3. The molecule has 0 aromatic rings. The first-order valence-electron chi connectivity index (χ1n) is 14.9. The topological polar surface area (TPSA) is 61.8 Å². The molecule has 0 aromatic heterocycles. The third-order valence-corrected chi connectivity index (χ3v) is 15.3. The van der Waals surface area contributed by atoms with E-state index in [9.17, 15) is 8.42 Å². The molecule has 0 aliphatic heterocycles. The van der Waals surface area contributed by atoms with E-state index in [1.165, 1.54) is 38.5 Å². The van der Waals surface area contributed by atoms with Crippen molar-refractivity contribution >= 4 is 17.2 Å². The Balaban J connectivity index is 5.64. The van der Waals surface area contributed by atoms with E-state index in [1.54, 1.807) is 7.11 Å². The zero-order valence-electron chi connectivity index (χ0n) is 24.2. The summed E-state index contributed by atoms with van der Waals surface area (Å²) >= 11 is 0. The van der Waals surface area contributed by atoms with Gasteiger partial charge < -0.3 is 0 Å². The standard InChI is InChI=1S/C28H61O5PS/c1-6-10-14-18-19-20-24-32-35(29,30)33-34(28-31-5,25-21-15-11-7-2,26-22-16-12-8-3)27-23-17-13-9-4/h6-28H2,1-5H3. The van der Waals surface area contributed by atoms with Crippen molar-refractivity contribution in [1.82, 2.24) is 0 Å². The molecular formula is C28H61O5PS. The van der Waals surface area contributed by atoms with Gasteiger partial charge in [0.05, 0.1) is 0 Å². The van der Waals surface area contributed by atoms with Gasteiger partial charge in [-0.05, 0) is 0 Å². The second kappa shape index (κ2) is 21.2. The second-order valence-corrected chi connectivity index (χ2v) is 17.7. The first kappa shape index (κ1) is 35.3. The van der Waals surface area contributed by atoms with E-state index >= 15 is 0 Å². The summed E-state index contributed by atoms with van der Waals surface area (Å²) in [4.78, 5) is 0. The van der Waals surface area contributed by atoms with E-state index < -0.39 is 17.2 Å². The summed E-state index contributed by atoms with van der Waals surface area (Å²) < 4.78 is 44.2. The minimum absolute atomic E-state index is 0.218. The first-order chi connectivity index (χ1) is 16.8. The Kier molecular flexibility index (Phi) is 21.4. The van der Waals surface area contributed by atoms with Crippen LogP contribution in [0.1, 0.15) is 143 Å². The molecule has 35 heavy (non-hydrogen) atoms. The van der Waals surface area contributed by atoms with Crippen LogP contribution in [0.5, 0.6) is 0 Å². The van der Waals surface area contributed by atoms with Gasteiger partial charge in [-0.2, -0.15) is 0 Å². The summed E-state index contributed by atoms with van der Waals surface area (Å²) in [7, 11) is -2.36. The Morgan fingerprint density at radius 3 is 1.31 bits per heavy atom. The Morgan fingerprint density at radius 1 is 0.543 bits per heavy atom. The summed E-state index contributed by atoms with van der Waals surface area (Å²) in [6.45, 7) is 5.89. The van der Waals surface area contributed by atoms with Crippen LogP contribution in [0, 0.1) is 0 Å². The average Bonchev–Trinajstić information content (AvgIpc) is 2.82. The molecule has 0 fully saturated rings. The fraction of sp³-hybridized carbons (Fsp3) is 1.00. The van der Waals surface area contributed by atoms with Crippen molar-refractivity contribution < 1.29 is 21.3 Å². The van der Waals surface area contributed by atoms with E-state index in [1.807, 2.05) is 0 Å². The fourth-order valence-electron chi connectivity index (χ4n) is 5.13. The van der Waals surface area contributed by atoms with Crippen LogP contribution in [-0.2, 0) is 23.3 Å². The third-order valence-electron chi connectivity index (χ3n) is 7.22. The Labute approximate surface area is 220 Å². The van der Waals surface area contributed by atoms with Crippen molar-refractivity contribution in [2.45, 2.75) is 143 Å². The third kappa shape index (κ3) is 16.7. The van der Waals surface area contributed by atoms with Gasteiger partial charge >= 0.3 is 220 Å². The molecule has 0 N–H and O–H groups in total. The van der Waals surface area contributed by atoms with E-state index in [-0.39, 0.29) is 6.61 Å². The van der Waals surface area contributed by atoms with Crippen molar-refractivity contribution in [2.75, 3.05) is 38.6 Å². The average molecular weight is 541 g/mol. The molecule has 214 valence electrons. The van der Waals surface area contributed by atoms with Crippen LogP contribution in [0.15, 0.2) is 0 Å². The predicted molar refractivity (Wildman–Crippen MR) is 155 cm³/mol. The summed E-state index contributed by atoms with van der Waals surface area (Å²) in [5.74, 6) is 0. The van der Waals surface area contributed by atoms with Crippen molar-refractivity contribution in [3.8, 4) is 0 Å². The molecule has 0 bridgehead atoms. The Hall–Kier alpha value is 0.260. The van der Waals surface area contributed by atoms with Crippen molar-refractivity contribution in [2.24, 2.45) is 0 Å². The molecule has 0 rings (SSSR count). The van der Waals surface area contributed by atoms with Gasteiger partial charge in [-0.1, -0.05) is 0 Å². The number of methoxy groups -OCH3 is 1. The van der Waals surface area contributed by atoms with Gasteiger partial charge in [-0.25, -0.2) is 0 Å². The number of rotatable bonds is 27. The summed E-state index contributed by atoms with van der Waals surface area (Å²) in [6, 6.07) is 0. The van der Waals surface area contributed by atoms with Crippen LogP contribution in [0.25, 0.3) is 0 Å². The van der Waals surface area contributed by atoms with Gasteiger partial charge in [0.2, 0.25) is 0 Å². The normalized spacial score (nSPS) is 13.7. The first-order valence-corrected chi connectivity index (χ1v) is 19.2. The molecule has 0 heterocycles. The van der Waals surface area contributed by atoms with Crippen molar-refractivity contribution in [3.63, 3.8) is 0 Å². The van der Waals surface area contributed by atoms with Gasteiger partial charge in [-0.15, -0.1) is 0 Å². The van der Waals surface area contributed by atoms with E-state index in [0.29, 0.717) is 6.35 Å². The van der Waals surface area contributed by atoms with Crippen molar-refractivity contribution in [3.05, 3.63) is 0 Å². The molecule has 0 aliphatic carbocycles. The second-order valence-electron chi connectivity index (χ2n) is 10.7. The van der Waals surface area contributed by atoms with Gasteiger partial charge in [0, 0.05) is 0 Å². The van der Waals surface area contributed by atoms with E-state index in [4.69, 9.17) is 12.9 Å². The van der Waals surface area contributed by atoms with E-state index in [2.05, 4.69) is 27.7 Å². The molecule has 0 radical (unpaired) electrons. The zero-order valence-corrected chi connectivity index (χ0v) is 25.9. The number of ether oxygens (including phenoxy) is 1. The van der Waals surface area contributed by atoms with Gasteiger partial charge in [-0.3, -0.25) is 0 Å². The van der Waals surface area contributed by atoms with Gasteiger partial charge in [0.25, 0.3) is 0 Å². The predicted octanol–water partition coefficient (Wildman–Crippen LogP) is 9.44. The summed E-state index contributed by atoms with van der Waals surface area (Å²) in [5.41, 5.74) is 0. The SMILES string of the molecule is CCCCCCCCOS(=O)(=O)OP(CCCCCC)(CCCCCC)(CCCCCC)COC. The van der Waals surface area contributed by atoms with Crippen LogP contribution >= 0.6 is 6.83 Å². The molecule has 0 saturated carbocycles. The molecule has 0 aromatic carbocycles. The minimum atomic E-state index is -4.07. The van der Waals surface area contributed by atoms with Crippen molar-refractivity contribution in [1.29, 1.82) is 0 Å². The van der Waals surface area contributed by atoms with E-state index in [0.717, 1.165) is 95.5 Å². The van der Waals surface area contributed by atoms with Gasteiger partial charge in [0.1, 0.15) is 0 Å². The fourth-order valence-corrected chi connectivity index (χ4v) is 13.5. The van der Waals surface area contributed by atoms with Crippen LogP contribution in [0.4, 0.5) is 0 Å². The molecule has 0 amide bonds. The molecular weight excluding hydrogens is 479 g/mol. The molecule has 0 atom stereocenters. The number of unbranched alkanes of at least 4 members (excludes halogenated alkanes) is 14. The molecule has 7 heteroatoms.